The zero-order valence-electron chi connectivity index (χ0n) is 11.3. The molecular weight excluding hydrogens is 236 g/mol. The van der Waals surface area contributed by atoms with Gasteiger partial charge >= 0.3 is 12.2 Å². The first kappa shape index (κ1) is 14.6. The van der Waals surface area contributed by atoms with Gasteiger partial charge in [-0.1, -0.05) is 13.8 Å². The molecule has 0 atom stereocenters. The number of carbonyl (C=O) groups excluding carboxylic acids is 2. The molecule has 6 heteroatoms. The summed E-state index contributed by atoms with van der Waals surface area (Å²) in [6.07, 6.45) is -0.611. The number of hydrogen-bond donors (Lipinski definition) is 0. The molecule has 1 aliphatic heterocycles. The maximum atomic E-state index is 11.7. The highest BCUT2D eigenvalue weighted by Gasteiger charge is 2.25. The van der Waals surface area contributed by atoms with E-state index in [1.54, 1.807) is 16.7 Å². The van der Waals surface area contributed by atoms with Crippen LogP contribution in [0.25, 0.3) is 0 Å². The van der Waals surface area contributed by atoms with E-state index in [0.717, 1.165) is 0 Å². The second kappa shape index (κ2) is 7.08. The summed E-state index contributed by atoms with van der Waals surface area (Å²) >= 11 is 0. The fourth-order valence-electron chi connectivity index (χ4n) is 1.62. The third-order valence-corrected chi connectivity index (χ3v) is 2.60. The lowest BCUT2D eigenvalue weighted by Gasteiger charge is -2.33. The van der Waals surface area contributed by atoms with Gasteiger partial charge in [0.2, 0.25) is 0 Å². The molecule has 0 aliphatic carbocycles. The van der Waals surface area contributed by atoms with E-state index in [4.69, 9.17) is 9.47 Å². The normalized spacial score (nSPS) is 15.8. The van der Waals surface area contributed by atoms with Crippen LogP contribution in [0.1, 0.15) is 20.8 Å². The van der Waals surface area contributed by atoms with Gasteiger partial charge in [0.25, 0.3) is 0 Å². The SMILES string of the molecule is CCOC(=O)N1CCN(C(=O)OCC(C)C)CC1. The van der Waals surface area contributed by atoms with Gasteiger partial charge in [-0.2, -0.15) is 0 Å². The molecule has 6 nitrogen and oxygen atoms in total. The maximum absolute atomic E-state index is 11.7. The first-order valence-corrected chi connectivity index (χ1v) is 6.38. The largest absolute Gasteiger partial charge is 0.450 e. The molecule has 1 aliphatic rings. The fraction of sp³-hybridized carbons (Fsp3) is 0.833. The Hall–Kier alpha value is -1.46. The predicted octanol–water partition coefficient (Wildman–Crippen LogP) is 1.55. The molecule has 0 aromatic heterocycles. The van der Waals surface area contributed by atoms with Gasteiger partial charge in [-0.15, -0.1) is 0 Å². The highest BCUT2D eigenvalue weighted by molar-refractivity contribution is 5.70. The molecule has 1 fully saturated rings. The minimum Gasteiger partial charge on any atom is -0.450 e. The average Bonchev–Trinajstić information content (AvgIpc) is 2.36. The Labute approximate surface area is 108 Å². The van der Waals surface area contributed by atoms with Crippen LogP contribution in [0.3, 0.4) is 0 Å². The fourth-order valence-corrected chi connectivity index (χ4v) is 1.62. The lowest BCUT2D eigenvalue weighted by molar-refractivity contribution is 0.0582. The Kier molecular flexibility index (Phi) is 5.74. The minimum absolute atomic E-state index is 0.299. The highest BCUT2D eigenvalue weighted by atomic mass is 16.6. The predicted molar refractivity (Wildman–Crippen MR) is 66.4 cm³/mol. The van der Waals surface area contributed by atoms with Gasteiger partial charge in [0.1, 0.15) is 0 Å². The molecule has 0 N–H and O–H groups in total. The molecule has 2 amide bonds. The summed E-state index contributed by atoms with van der Waals surface area (Å²) in [6, 6.07) is 0. The van der Waals surface area contributed by atoms with Gasteiger partial charge in [0, 0.05) is 26.2 Å². The molecule has 0 aromatic rings. The van der Waals surface area contributed by atoms with Crippen molar-refractivity contribution in [3.8, 4) is 0 Å². The summed E-state index contributed by atoms with van der Waals surface area (Å²) in [5.41, 5.74) is 0. The van der Waals surface area contributed by atoms with E-state index in [1.807, 2.05) is 13.8 Å². The smallest absolute Gasteiger partial charge is 0.409 e. The lowest BCUT2D eigenvalue weighted by Crippen LogP contribution is -2.51. The van der Waals surface area contributed by atoms with Gasteiger partial charge < -0.3 is 19.3 Å². The van der Waals surface area contributed by atoms with Crippen LogP contribution in [0, 0.1) is 5.92 Å². The van der Waals surface area contributed by atoms with E-state index in [9.17, 15) is 9.59 Å². The van der Waals surface area contributed by atoms with E-state index in [2.05, 4.69) is 0 Å². The van der Waals surface area contributed by atoms with Gasteiger partial charge in [0.05, 0.1) is 13.2 Å². The maximum Gasteiger partial charge on any atom is 0.409 e. The number of ether oxygens (including phenoxy) is 2. The molecule has 0 saturated carbocycles. The average molecular weight is 258 g/mol. The van der Waals surface area contributed by atoms with Gasteiger partial charge in [-0.05, 0) is 12.8 Å². The summed E-state index contributed by atoms with van der Waals surface area (Å²) in [5.74, 6) is 0.328. The van der Waals surface area contributed by atoms with Crippen molar-refractivity contribution in [1.82, 2.24) is 9.80 Å². The second-order valence-corrected chi connectivity index (χ2v) is 4.64. The van der Waals surface area contributed by atoms with Crippen LogP contribution in [0.4, 0.5) is 9.59 Å². The molecule has 1 heterocycles. The van der Waals surface area contributed by atoms with Crippen molar-refractivity contribution >= 4 is 12.2 Å². The van der Waals surface area contributed by atoms with Crippen LogP contribution >= 0.6 is 0 Å². The Bertz CT molecular complexity index is 286. The summed E-state index contributed by atoms with van der Waals surface area (Å²) in [7, 11) is 0. The number of amides is 2. The van der Waals surface area contributed by atoms with Crippen molar-refractivity contribution in [1.29, 1.82) is 0 Å². The van der Waals surface area contributed by atoms with Crippen molar-refractivity contribution in [2.24, 2.45) is 5.92 Å². The standard InChI is InChI=1S/C12H22N2O4/c1-4-17-11(15)13-5-7-14(8-6-13)12(16)18-9-10(2)3/h10H,4-9H2,1-3H3. The molecule has 0 radical (unpaired) electrons. The Balaban J connectivity index is 2.30. The van der Waals surface area contributed by atoms with Crippen LogP contribution in [-0.2, 0) is 9.47 Å². The number of hydrogen-bond acceptors (Lipinski definition) is 4. The van der Waals surface area contributed by atoms with Crippen LogP contribution in [-0.4, -0.2) is 61.4 Å². The zero-order valence-corrected chi connectivity index (χ0v) is 11.3. The third-order valence-electron chi connectivity index (χ3n) is 2.60. The van der Waals surface area contributed by atoms with E-state index >= 15 is 0 Å². The molecule has 104 valence electrons. The van der Waals surface area contributed by atoms with Crippen LogP contribution in [0.2, 0.25) is 0 Å². The molecule has 1 rings (SSSR count). The van der Waals surface area contributed by atoms with E-state index in [0.29, 0.717) is 45.3 Å². The minimum atomic E-state index is -0.312. The summed E-state index contributed by atoms with van der Waals surface area (Å²) in [6.45, 7) is 8.54. The number of nitrogens with zero attached hydrogens (tertiary/aromatic N) is 2. The van der Waals surface area contributed by atoms with Gasteiger partial charge in [-0.3, -0.25) is 0 Å². The lowest BCUT2D eigenvalue weighted by atomic mass is 10.2. The Morgan fingerprint density at radius 1 is 1.00 bits per heavy atom. The highest BCUT2D eigenvalue weighted by Crippen LogP contribution is 2.06. The van der Waals surface area contributed by atoms with Crippen molar-refractivity contribution in [3.63, 3.8) is 0 Å². The Morgan fingerprint density at radius 3 is 1.83 bits per heavy atom. The summed E-state index contributed by atoms with van der Waals surface area (Å²) < 4.78 is 10.0. The van der Waals surface area contributed by atoms with E-state index in [-0.39, 0.29) is 12.2 Å². The molecule has 18 heavy (non-hydrogen) atoms. The number of piperazine rings is 1. The van der Waals surface area contributed by atoms with Crippen molar-refractivity contribution < 1.29 is 19.1 Å². The number of carbonyl (C=O) groups is 2. The molecular formula is C12H22N2O4. The first-order chi connectivity index (χ1) is 8.54. The quantitative estimate of drug-likeness (QED) is 0.770. The molecule has 1 saturated heterocycles. The zero-order chi connectivity index (χ0) is 13.5. The summed E-state index contributed by atoms with van der Waals surface area (Å²) in [5, 5.41) is 0. The van der Waals surface area contributed by atoms with E-state index < -0.39 is 0 Å². The third kappa shape index (κ3) is 4.43. The van der Waals surface area contributed by atoms with Crippen LogP contribution < -0.4 is 0 Å². The van der Waals surface area contributed by atoms with Gasteiger partial charge in [-0.25, -0.2) is 9.59 Å². The van der Waals surface area contributed by atoms with Gasteiger partial charge in [0.15, 0.2) is 0 Å². The first-order valence-electron chi connectivity index (χ1n) is 6.38. The molecule has 0 bridgehead atoms. The molecule has 0 unspecified atom stereocenters. The number of rotatable bonds is 3. The van der Waals surface area contributed by atoms with Crippen molar-refractivity contribution in [3.05, 3.63) is 0 Å². The molecule has 0 aromatic carbocycles. The summed E-state index contributed by atoms with van der Waals surface area (Å²) in [4.78, 5) is 26.4. The second-order valence-electron chi connectivity index (χ2n) is 4.64. The monoisotopic (exact) mass is 258 g/mol. The Morgan fingerprint density at radius 2 is 1.44 bits per heavy atom. The van der Waals surface area contributed by atoms with Crippen LogP contribution in [0.15, 0.2) is 0 Å². The van der Waals surface area contributed by atoms with E-state index in [1.165, 1.54) is 0 Å². The van der Waals surface area contributed by atoms with Crippen molar-refractivity contribution in [2.75, 3.05) is 39.4 Å². The van der Waals surface area contributed by atoms with Crippen LogP contribution in [0.5, 0.6) is 0 Å². The van der Waals surface area contributed by atoms with Crippen molar-refractivity contribution in [2.45, 2.75) is 20.8 Å². The molecule has 0 spiro atoms. The topological polar surface area (TPSA) is 59.1 Å².